The van der Waals surface area contributed by atoms with Gasteiger partial charge in [-0.15, -0.1) is 0 Å². The maximum Gasteiger partial charge on any atom is 0.223 e. The lowest BCUT2D eigenvalue weighted by Crippen LogP contribution is -2.38. The Morgan fingerprint density at radius 1 is 1.56 bits per heavy atom. The number of hydrogen-bond donors (Lipinski definition) is 2. The molecule has 1 aliphatic heterocycles. The van der Waals surface area contributed by atoms with Crippen molar-refractivity contribution in [3.8, 4) is 0 Å². The minimum atomic E-state index is -0.132. The molecule has 1 fully saturated rings. The number of rotatable bonds is 4. The van der Waals surface area contributed by atoms with Gasteiger partial charge in [0.15, 0.2) is 5.88 Å². The molecule has 0 aromatic heterocycles. The first-order valence-electron chi connectivity index (χ1n) is 6.57. The molecule has 1 heterocycles. The molecule has 0 saturated heterocycles. The highest BCUT2D eigenvalue weighted by Gasteiger charge is 2.41. The molecule has 0 spiro atoms. The van der Waals surface area contributed by atoms with Crippen LogP contribution in [0.5, 0.6) is 0 Å². The molecule has 0 aromatic rings. The normalized spacial score (nSPS) is 21.8. The molecule has 0 atom stereocenters. The van der Waals surface area contributed by atoms with E-state index < -0.39 is 0 Å². The van der Waals surface area contributed by atoms with Crippen molar-refractivity contribution in [2.75, 3.05) is 13.2 Å². The van der Waals surface area contributed by atoms with E-state index in [0.717, 1.165) is 25.7 Å². The molecular weight excluding hydrogens is 230 g/mol. The van der Waals surface area contributed by atoms with Crippen LogP contribution in [0.2, 0.25) is 0 Å². The molecule has 1 aliphatic carbocycles. The zero-order chi connectivity index (χ0) is 13.2. The van der Waals surface area contributed by atoms with Crippen LogP contribution in [0.1, 0.15) is 39.5 Å². The predicted molar refractivity (Wildman–Crippen MR) is 68.5 cm³/mol. The van der Waals surface area contributed by atoms with Crippen molar-refractivity contribution in [1.29, 1.82) is 0 Å². The van der Waals surface area contributed by atoms with Crippen molar-refractivity contribution in [2.24, 2.45) is 5.41 Å². The number of hydrogen-bond acceptors (Lipinski definition) is 3. The Hall–Kier alpha value is -1.29. The summed E-state index contributed by atoms with van der Waals surface area (Å²) in [6, 6.07) is 0. The minimum Gasteiger partial charge on any atom is -0.474 e. The lowest BCUT2D eigenvalue weighted by atomic mass is 9.63. The Morgan fingerprint density at radius 2 is 2.28 bits per heavy atom. The predicted octanol–water partition coefficient (Wildman–Crippen LogP) is 1.86. The van der Waals surface area contributed by atoms with Crippen molar-refractivity contribution >= 4 is 5.91 Å². The summed E-state index contributed by atoms with van der Waals surface area (Å²) in [6.07, 6.45) is 6.02. The molecular formula is C14H21NO3. The van der Waals surface area contributed by atoms with Gasteiger partial charge in [-0.05, 0) is 30.4 Å². The van der Waals surface area contributed by atoms with Gasteiger partial charge in [0, 0.05) is 18.4 Å². The highest BCUT2D eigenvalue weighted by Crippen LogP contribution is 2.49. The summed E-state index contributed by atoms with van der Waals surface area (Å²) in [5.41, 5.74) is 2.31. The smallest absolute Gasteiger partial charge is 0.223 e. The van der Waals surface area contributed by atoms with Gasteiger partial charge in [-0.1, -0.05) is 13.3 Å². The van der Waals surface area contributed by atoms with E-state index in [4.69, 9.17) is 4.74 Å². The zero-order valence-electron chi connectivity index (χ0n) is 11.1. The van der Waals surface area contributed by atoms with E-state index in [1.165, 1.54) is 18.1 Å². The van der Waals surface area contributed by atoms with Crippen LogP contribution in [0.3, 0.4) is 0 Å². The van der Waals surface area contributed by atoms with Crippen LogP contribution in [-0.2, 0) is 9.53 Å². The number of amides is 1. The summed E-state index contributed by atoms with van der Waals surface area (Å²) in [5.74, 6) is 0.377. The Morgan fingerprint density at radius 3 is 2.72 bits per heavy atom. The number of aliphatic hydroxyl groups excluding tert-OH is 1. The van der Waals surface area contributed by atoms with E-state index in [9.17, 15) is 9.90 Å². The monoisotopic (exact) mass is 251 g/mol. The molecule has 2 aliphatic rings. The van der Waals surface area contributed by atoms with E-state index in [0.29, 0.717) is 12.5 Å². The van der Waals surface area contributed by atoms with E-state index in [1.807, 2.05) is 6.08 Å². The number of allylic oxidation sites excluding steroid dienone is 1. The second kappa shape index (κ2) is 5.14. The number of carbonyl (C=O) groups is 1. The van der Waals surface area contributed by atoms with Gasteiger partial charge < -0.3 is 9.84 Å². The van der Waals surface area contributed by atoms with Gasteiger partial charge in [-0.25, -0.2) is 0 Å². The highest BCUT2D eigenvalue weighted by atomic mass is 16.5. The average molecular weight is 251 g/mol. The van der Waals surface area contributed by atoms with Crippen LogP contribution < -0.4 is 5.32 Å². The van der Waals surface area contributed by atoms with Crippen molar-refractivity contribution in [2.45, 2.75) is 39.5 Å². The van der Waals surface area contributed by atoms with E-state index in [2.05, 4.69) is 12.2 Å². The largest absolute Gasteiger partial charge is 0.474 e. The summed E-state index contributed by atoms with van der Waals surface area (Å²) in [6.45, 7) is 4.25. The molecule has 18 heavy (non-hydrogen) atoms. The summed E-state index contributed by atoms with van der Waals surface area (Å²) in [5, 5.41) is 12.4. The van der Waals surface area contributed by atoms with Gasteiger partial charge in [-0.2, -0.15) is 0 Å². The average Bonchev–Trinajstić information content (AvgIpc) is 2.28. The van der Waals surface area contributed by atoms with Crippen molar-refractivity contribution in [3.63, 3.8) is 0 Å². The van der Waals surface area contributed by atoms with Crippen molar-refractivity contribution < 1.29 is 14.6 Å². The third kappa shape index (κ3) is 2.29. The highest BCUT2D eigenvalue weighted by molar-refractivity contribution is 5.74. The molecule has 0 unspecified atom stereocenters. The minimum absolute atomic E-state index is 0.0984. The van der Waals surface area contributed by atoms with Crippen LogP contribution in [0, 0.1) is 5.41 Å². The van der Waals surface area contributed by atoms with Crippen molar-refractivity contribution in [3.05, 3.63) is 23.1 Å². The Bertz CT molecular complexity index is 400. The number of nitrogens with one attached hydrogen (secondary N) is 1. The third-order valence-corrected chi connectivity index (χ3v) is 3.97. The van der Waals surface area contributed by atoms with Gasteiger partial charge in [0.25, 0.3) is 0 Å². The lowest BCUT2D eigenvalue weighted by Gasteiger charge is -2.44. The lowest BCUT2D eigenvalue weighted by molar-refractivity contribution is -0.119. The first-order valence-corrected chi connectivity index (χ1v) is 6.57. The molecule has 2 rings (SSSR count). The molecule has 0 bridgehead atoms. The Kier molecular flexibility index (Phi) is 3.76. The molecule has 2 N–H and O–H groups in total. The standard InChI is InChI=1S/C14H21NO3/c1-3-11-8-18-13(15-10(2)17)7-12(11)14(9-16)5-4-6-14/h7,16H,3-6,8-9H2,1-2H3,(H,15,17). The zero-order valence-corrected chi connectivity index (χ0v) is 11.1. The van der Waals surface area contributed by atoms with E-state index >= 15 is 0 Å². The van der Waals surface area contributed by atoms with Crippen molar-refractivity contribution in [1.82, 2.24) is 5.32 Å². The maximum atomic E-state index is 11.1. The molecule has 1 amide bonds. The fourth-order valence-corrected chi connectivity index (χ4v) is 2.70. The van der Waals surface area contributed by atoms with Gasteiger partial charge in [0.1, 0.15) is 6.61 Å². The Labute approximate surface area is 108 Å². The summed E-state index contributed by atoms with van der Waals surface area (Å²) in [7, 11) is 0. The summed E-state index contributed by atoms with van der Waals surface area (Å²) in [4.78, 5) is 11.1. The quantitative estimate of drug-likeness (QED) is 0.802. The number of aliphatic hydroxyl groups is 1. The number of carbonyl (C=O) groups excluding carboxylic acids is 1. The van der Waals surface area contributed by atoms with Gasteiger partial charge in [-0.3, -0.25) is 10.1 Å². The first-order chi connectivity index (χ1) is 8.61. The maximum absolute atomic E-state index is 11.1. The summed E-state index contributed by atoms with van der Waals surface area (Å²) < 4.78 is 5.52. The molecule has 100 valence electrons. The molecule has 0 radical (unpaired) electrons. The van der Waals surface area contributed by atoms with Crippen LogP contribution in [-0.4, -0.2) is 24.2 Å². The fraction of sp³-hybridized carbons (Fsp3) is 0.643. The second-order valence-corrected chi connectivity index (χ2v) is 5.14. The molecule has 1 saturated carbocycles. The van der Waals surface area contributed by atoms with Gasteiger partial charge in [0.2, 0.25) is 5.91 Å². The van der Waals surface area contributed by atoms with Gasteiger partial charge >= 0.3 is 0 Å². The second-order valence-electron chi connectivity index (χ2n) is 5.14. The summed E-state index contributed by atoms with van der Waals surface area (Å²) >= 11 is 0. The molecule has 4 heteroatoms. The number of ether oxygens (including phenoxy) is 1. The third-order valence-electron chi connectivity index (χ3n) is 3.97. The van der Waals surface area contributed by atoms with Crippen LogP contribution in [0.15, 0.2) is 23.1 Å². The van der Waals surface area contributed by atoms with Crippen LogP contribution >= 0.6 is 0 Å². The topological polar surface area (TPSA) is 58.6 Å². The van der Waals surface area contributed by atoms with Crippen LogP contribution in [0.4, 0.5) is 0 Å². The molecule has 0 aromatic carbocycles. The van der Waals surface area contributed by atoms with E-state index in [-0.39, 0.29) is 17.9 Å². The first kappa shape index (κ1) is 13.1. The van der Waals surface area contributed by atoms with Crippen LogP contribution in [0.25, 0.3) is 0 Å². The molecule has 4 nitrogen and oxygen atoms in total. The van der Waals surface area contributed by atoms with Gasteiger partial charge in [0.05, 0.1) is 6.61 Å². The van der Waals surface area contributed by atoms with E-state index in [1.54, 1.807) is 0 Å². The SMILES string of the molecule is CCC1=C(C2(CO)CCC2)C=C(NC(C)=O)OC1. The Balaban J connectivity index is 2.29. The fourth-order valence-electron chi connectivity index (χ4n) is 2.70.